The van der Waals surface area contributed by atoms with Gasteiger partial charge in [0.2, 0.25) is 0 Å². The summed E-state index contributed by atoms with van der Waals surface area (Å²) in [5, 5.41) is 8.90. The van der Waals surface area contributed by atoms with Crippen molar-refractivity contribution in [1.82, 2.24) is 14.9 Å². The van der Waals surface area contributed by atoms with Crippen molar-refractivity contribution < 1.29 is 5.11 Å². The number of fused-ring (bicyclic) bond motifs is 1. The van der Waals surface area contributed by atoms with Gasteiger partial charge in [0.05, 0.1) is 17.6 Å². The van der Waals surface area contributed by atoms with Crippen LogP contribution in [0.5, 0.6) is 0 Å². The van der Waals surface area contributed by atoms with E-state index in [1.165, 1.54) is 0 Å². The van der Waals surface area contributed by atoms with E-state index in [1.54, 1.807) is 0 Å². The van der Waals surface area contributed by atoms with Crippen LogP contribution in [0, 0.1) is 0 Å². The SMILES string of the molecule is CN(Cc1ccc2[nH]c(=O)[nH]c2c1)CC(N)CO. The van der Waals surface area contributed by atoms with Crippen LogP contribution in [0.4, 0.5) is 0 Å². The van der Waals surface area contributed by atoms with Gasteiger partial charge in [0, 0.05) is 19.1 Å². The molecule has 0 fully saturated rings. The quantitative estimate of drug-likeness (QED) is 0.580. The van der Waals surface area contributed by atoms with Gasteiger partial charge in [-0.05, 0) is 24.7 Å². The highest BCUT2D eigenvalue weighted by Gasteiger charge is 2.07. The van der Waals surface area contributed by atoms with Crippen molar-refractivity contribution in [2.24, 2.45) is 5.73 Å². The summed E-state index contributed by atoms with van der Waals surface area (Å²) < 4.78 is 0. The van der Waals surface area contributed by atoms with Crippen LogP contribution in [0.25, 0.3) is 11.0 Å². The third kappa shape index (κ3) is 2.98. The number of aromatic nitrogens is 2. The summed E-state index contributed by atoms with van der Waals surface area (Å²) in [7, 11) is 1.94. The third-order valence-electron chi connectivity index (χ3n) is 2.81. The summed E-state index contributed by atoms with van der Waals surface area (Å²) in [6, 6.07) is 5.55. The van der Waals surface area contributed by atoms with Crippen LogP contribution in [0.2, 0.25) is 0 Å². The van der Waals surface area contributed by atoms with Crippen LogP contribution in [0.3, 0.4) is 0 Å². The molecule has 0 aliphatic rings. The molecule has 1 heterocycles. The number of likely N-dealkylation sites (N-methyl/N-ethyl adjacent to an activating group) is 1. The molecule has 0 aliphatic heterocycles. The molecular formula is C12H18N4O2. The minimum atomic E-state index is -0.231. The summed E-state index contributed by atoms with van der Waals surface area (Å²) in [6.07, 6.45) is 0. The Bertz CT molecular complexity index is 575. The van der Waals surface area contributed by atoms with Gasteiger partial charge in [0.25, 0.3) is 0 Å². The van der Waals surface area contributed by atoms with E-state index in [2.05, 4.69) is 9.97 Å². The molecule has 0 aliphatic carbocycles. The molecule has 2 rings (SSSR count). The first-order chi connectivity index (χ1) is 8.58. The number of rotatable bonds is 5. The van der Waals surface area contributed by atoms with Gasteiger partial charge in [-0.15, -0.1) is 0 Å². The molecule has 2 aromatic rings. The fraction of sp³-hybridized carbons (Fsp3) is 0.417. The second kappa shape index (κ2) is 5.34. The van der Waals surface area contributed by atoms with Crippen molar-refractivity contribution in [1.29, 1.82) is 0 Å². The normalized spacial score (nSPS) is 13.3. The Kier molecular flexibility index (Phi) is 3.81. The monoisotopic (exact) mass is 250 g/mol. The van der Waals surface area contributed by atoms with Crippen molar-refractivity contribution >= 4 is 11.0 Å². The molecule has 0 spiro atoms. The van der Waals surface area contributed by atoms with E-state index in [0.29, 0.717) is 6.54 Å². The molecule has 5 N–H and O–H groups in total. The molecule has 1 aromatic carbocycles. The van der Waals surface area contributed by atoms with Crippen molar-refractivity contribution in [3.8, 4) is 0 Å². The van der Waals surface area contributed by atoms with Gasteiger partial charge in [-0.1, -0.05) is 6.07 Å². The minimum absolute atomic E-state index is 0.0193. The number of aliphatic hydroxyl groups excluding tert-OH is 1. The smallest absolute Gasteiger partial charge is 0.323 e. The van der Waals surface area contributed by atoms with Crippen molar-refractivity contribution in [3.63, 3.8) is 0 Å². The zero-order valence-electron chi connectivity index (χ0n) is 10.3. The number of nitrogens with two attached hydrogens (primary N) is 1. The zero-order chi connectivity index (χ0) is 13.1. The van der Waals surface area contributed by atoms with E-state index in [4.69, 9.17) is 10.8 Å². The first kappa shape index (κ1) is 12.8. The molecule has 0 saturated carbocycles. The fourth-order valence-corrected chi connectivity index (χ4v) is 2.01. The predicted octanol–water partition coefficient (Wildman–Crippen LogP) is -0.392. The number of imidazole rings is 1. The lowest BCUT2D eigenvalue weighted by Gasteiger charge is -2.19. The van der Waals surface area contributed by atoms with Gasteiger partial charge in [0.15, 0.2) is 0 Å². The maximum atomic E-state index is 11.1. The highest BCUT2D eigenvalue weighted by atomic mass is 16.3. The Labute approximate surface area is 104 Å². The Morgan fingerprint density at radius 1 is 1.39 bits per heavy atom. The number of hydrogen-bond acceptors (Lipinski definition) is 4. The molecule has 0 bridgehead atoms. The lowest BCUT2D eigenvalue weighted by Crippen LogP contribution is -2.37. The standard InChI is InChI=1S/C12H18N4O2/c1-16(6-9(13)7-17)5-8-2-3-10-11(4-8)15-12(18)14-10/h2-4,9,17H,5-7,13H2,1H3,(H2,14,15,18). The van der Waals surface area contributed by atoms with Gasteiger partial charge >= 0.3 is 5.69 Å². The predicted molar refractivity (Wildman–Crippen MR) is 70.3 cm³/mol. The Hall–Kier alpha value is -1.63. The Morgan fingerprint density at radius 3 is 2.83 bits per heavy atom. The fourth-order valence-electron chi connectivity index (χ4n) is 2.01. The molecule has 0 radical (unpaired) electrons. The van der Waals surface area contributed by atoms with Gasteiger partial charge in [0.1, 0.15) is 0 Å². The lowest BCUT2D eigenvalue weighted by atomic mass is 10.2. The number of hydrogen-bond donors (Lipinski definition) is 4. The first-order valence-corrected chi connectivity index (χ1v) is 5.84. The maximum absolute atomic E-state index is 11.1. The average Bonchev–Trinajstić information content (AvgIpc) is 2.68. The highest BCUT2D eigenvalue weighted by molar-refractivity contribution is 5.74. The molecule has 98 valence electrons. The molecule has 1 unspecified atom stereocenters. The van der Waals surface area contributed by atoms with E-state index < -0.39 is 0 Å². The molecule has 1 aromatic heterocycles. The number of aliphatic hydroxyl groups is 1. The van der Waals surface area contributed by atoms with Gasteiger partial charge < -0.3 is 25.7 Å². The van der Waals surface area contributed by atoms with E-state index in [1.807, 2.05) is 30.1 Å². The topological polar surface area (TPSA) is 98.1 Å². The van der Waals surface area contributed by atoms with Crippen LogP contribution in [-0.2, 0) is 6.54 Å². The summed E-state index contributed by atoms with van der Waals surface area (Å²) in [5.41, 5.74) is 8.18. The van der Waals surface area contributed by atoms with Gasteiger partial charge in [-0.25, -0.2) is 4.79 Å². The van der Waals surface area contributed by atoms with E-state index in [9.17, 15) is 4.79 Å². The molecule has 1 atom stereocenters. The van der Waals surface area contributed by atoms with Gasteiger partial charge in [-0.2, -0.15) is 0 Å². The Morgan fingerprint density at radius 2 is 2.11 bits per heavy atom. The van der Waals surface area contributed by atoms with Crippen molar-refractivity contribution in [2.75, 3.05) is 20.2 Å². The zero-order valence-corrected chi connectivity index (χ0v) is 10.3. The number of nitrogens with one attached hydrogen (secondary N) is 2. The van der Waals surface area contributed by atoms with Crippen LogP contribution in [0.15, 0.2) is 23.0 Å². The molecule has 18 heavy (non-hydrogen) atoms. The van der Waals surface area contributed by atoms with Crippen molar-refractivity contribution in [2.45, 2.75) is 12.6 Å². The Balaban J connectivity index is 2.09. The van der Waals surface area contributed by atoms with Crippen molar-refractivity contribution in [3.05, 3.63) is 34.2 Å². The summed E-state index contributed by atoms with van der Waals surface area (Å²) in [6.45, 7) is 1.32. The summed E-state index contributed by atoms with van der Waals surface area (Å²) in [5.74, 6) is 0. The summed E-state index contributed by atoms with van der Waals surface area (Å²) in [4.78, 5) is 18.6. The lowest BCUT2D eigenvalue weighted by molar-refractivity contribution is 0.218. The molecule has 6 nitrogen and oxygen atoms in total. The average molecular weight is 250 g/mol. The van der Waals surface area contributed by atoms with Crippen LogP contribution in [0.1, 0.15) is 5.56 Å². The molecule has 0 amide bonds. The van der Waals surface area contributed by atoms with E-state index in [-0.39, 0.29) is 18.3 Å². The molecular weight excluding hydrogens is 232 g/mol. The first-order valence-electron chi connectivity index (χ1n) is 5.84. The highest BCUT2D eigenvalue weighted by Crippen LogP contribution is 2.11. The van der Waals surface area contributed by atoms with Crippen LogP contribution in [-0.4, -0.2) is 46.2 Å². The molecule has 6 heteroatoms. The van der Waals surface area contributed by atoms with E-state index in [0.717, 1.165) is 23.1 Å². The maximum Gasteiger partial charge on any atom is 0.323 e. The van der Waals surface area contributed by atoms with Crippen LogP contribution < -0.4 is 11.4 Å². The number of aromatic amines is 2. The number of benzene rings is 1. The summed E-state index contributed by atoms with van der Waals surface area (Å²) >= 11 is 0. The largest absolute Gasteiger partial charge is 0.395 e. The van der Waals surface area contributed by atoms with Gasteiger partial charge in [-0.3, -0.25) is 0 Å². The molecule has 0 saturated heterocycles. The third-order valence-corrected chi connectivity index (χ3v) is 2.81. The number of nitrogens with zero attached hydrogens (tertiary/aromatic N) is 1. The van der Waals surface area contributed by atoms with E-state index >= 15 is 0 Å². The second-order valence-electron chi connectivity index (χ2n) is 4.60. The number of H-pyrrole nitrogens is 2. The second-order valence-corrected chi connectivity index (χ2v) is 4.60. The van der Waals surface area contributed by atoms with Crippen LogP contribution >= 0.6 is 0 Å². The minimum Gasteiger partial charge on any atom is -0.395 e.